The minimum atomic E-state index is -0.319. The van der Waals surface area contributed by atoms with Gasteiger partial charge >= 0.3 is 6.09 Å². The van der Waals surface area contributed by atoms with E-state index in [2.05, 4.69) is 31.7 Å². The minimum Gasteiger partial charge on any atom is -0.442 e. The number of hydrogen-bond acceptors (Lipinski definition) is 7. The first kappa shape index (κ1) is 31.9. The van der Waals surface area contributed by atoms with Crippen LogP contribution in [-0.2, 0) is 4.74 Å². The van der Waals surface area contributed by atoms with Gasteiger partial charge in [-0.15, -0.1) is 0 Å². The lowest BCUT2D eigenvalue weighted by atomic mass is 9.75. The van der Waals surface area contributed by atoms with Crippen molar-refractivity contribution in [1.82, 2.24) is 29.7 Å². The van der Waals surface area contributed by atoms with E-state index in [1.807, 2.05) is 30.9 Å². The number of carbonyl (C=O) groups is 2. The van der Waals surface area contributed by atoms with E-state index in [1.54, 1.807) is 12.4 Å². The molecule has 2 aromatic rings. The Labute approximate surface area is 269 Å². The van der Waals surface area contributed by atoms with Gasteiger partial charge in [-0.3, -0.25) is 14.7 Å². The monoisotopic (exact) mass is 616 g/mol. The second-order valence-corrected chi connectivity index (χ2v) is 14.1. The van der Waals surface area contributed by atoms with Gasteiger partial charge in [-0.25, -0.2) is 14.8 Å². The summed E-state index contributed by atoms with van der Waals surface area (Å²) in [6.07, 6.45) is 17.1. The third kappa shape index (κ3) is 7.03. The minimum absolute atomic E-state index is 0.0352. The molecular formula is C36H52N6O3. The number of ether oxygens (including phenoxy) is 1. The zero-order valence-electron chi connectivity index (χ0n) is 27.7. The number of unbranched alkanes of at least 4 members (excludes halogenated alkanes) is 1. The Kier molecular flexibility index (Phi) is 10.0. The van der Waals surface area contributed by atoms with Crippen LogP contribution >= 0.6 is 0 Å². The number of aryl methyl sites for hydroxylation is 2. The van der Waals surface area contributed by atoms with Crippen molar-refractivity contribution < 1.29 is 14.3 Å². The molecule has 45 heavy (non-hydrogen) atoms. The highest BCUT2D eigenvalue weighted by atomic mass is 16.6. The summed E-state index contributed by atoms with van der Waals surface area (Å²) in [5.41, 5.74) is 2.65. The van der Waals surface area contributed by atoms with Crippen molar-refractivity contribution in [2.75, 3.05) is 39.3 Å². The molecule has 0 radical (unpaired) electrons. The molecule has 1 aliphatic carbocycles. The molecule has 0 bridgehead atoms. The number of piperidine rings is 2. The Morgan fingerprint density at radius 2 is 1.62 bits per heavy atom. The fourth-order valence-electron chi connectivity index (χ4n) is 8.49. The number of carbonyl (C=O) groups excluding carboxylic acids is 2. The third-order valence-corrected chi connectivity index (χ3v) is 11.2. The SMILES string of the molecule is CCCCC1CN(CC2CCCCC2)C(=O)OC12CCN(C1CCN(C(=O)c3c(C)nc(-c4ccncc4)nc3C)CC1)CC2. The van der Waals surface area contributed by atoms with Crippen LogP contribution in [0.3, 0.4) is 0 Å². The van der Waals surface area contributed by atoms with Crippen LogP contribution in [0.2, 0.25) is 0 Å². The van der Waals surface area contributed by atoms with Crippen LogP contribution in [0.15, 0.2) is 24.5 Å². The largest absolute Gasteiger partial charge is 0.442 e. The van der Waals surface area contributed by atoms with Crippen LogP contribution in [0, 0.1) is 25.7 Å². The molecule has 4 aliphatic rings. The fourth-order valence-corrected chi connectivity index (χ4v) is 8.49. The van der Waals surface area contributed by atoms with Crippen LogP contribution in [0.5, 0.6) is 0 Å². The third-order valence-electron chi connectivity index (χ3n) is 11.2. The first-order valence-corrected chi connectivity index (χ1v) is 17.6. The first-order valence-electron chi connectivity index (χ1n) is 17.6. The van der Waals surface area contributed by atoms with E-state index in [9.17, 15) is 9.59 Å². The van der Waals surface area contributed by atoms with Crippen LogP contribution in [0.4, 0.5) is 4.79 Å². The van der Waals surface area contributed by atoms with Gasteiger partial charge in [-0.2, -0.15) is 0 Å². The highest BCUT2D eigenvalue weighted by Crippen LogP contribution is 2.42. The summed E-state index contributed by atoms with van der Waals surface area (Å²) in [4.78, 5) is 47.1. The molecule has 0 N–H and O–H groups in total. The summed E-state index contributed by atoms with van der Waals surface area (Å²) in [7, 11) is 0. The summed E-state index contributed by atoms with van der Waals surface area (Å²) in [6, 6.07) is 4.23. The number of hydrogen-bond donors (Lipinski definition) is 0. The highest BCUT2D eigenvalue weighted by Gasteiger charge is 2.50. The first-order chi connectivity index (χ1) is 21.9. The van der Waals surface area contributed by atoms with Gasteiger partial charge in [0.1, 0.15) is 5.60 Å². The van der Waals surface area contributed by atoms with Crippen molar-refractivity contribution >= 4 is 12.0 Å². The zero-order chi connectivity index (χ0) is 31.4. The molecule has 3 saturated heterocycles. The Hall–Kier alpha value is -3.07. The summed E-state index contributed by atoms with van der Waals surface area (Å²) in [5.74, 6) is 1.72. The fraction of sp³-hybridized carbons (Fsp3) is 0.694. The maximum Gasteiger partial charge on any atom is 0.410 e. The molecule has 5 heterocycles. The molecule has 9 nitrogen and oxygen atoms in total. The predicted molar refractivity (Wildman–Crippen MR) is 175 cm³/mol. The van der Waals surface area contributed by atoms with E-state index < -0.39 is 0 Å². The van der Waals surface area contributed by atoms with Crippen molar-refractivity contribution in [2.24, 2.45) is 11.8 Å². The lowest BCUT2D eigenvalue weighted by Gasteiger charge is -2.52. The van der Waals surface area contributed by atoms with Crippen molar-refractivity contribution in [3.05, 3.63) is 41.5 Å². The predicted octanol–water partition coefficient (Wildman–Crippen LogP) is 6.43. The molecule has 3 aliphatic heterocycles. The molecule has 2 amide bonds. The Balaban J connectivity index is 1.04. The number of nitrogens with zero attached hydrogens (tertiary/aromatic N) is 6. The lowest BCUT2D eigenvalue weighted by Crippen LogP contribution is -2.61. The number of likely N-dealkylation sites (tertiary alicyclic amines) is 2. The van der Waals surface area contributed by atoms with Gasteiger partial charge in [0.15, 0.2) is 5.82 Å². The van der Waals surface area contributed by atoms with E-state index >= 15 is 0 Å². The van der Waals surface area contributed by atoms with Gasteiger partial charge in [0.2, 0.25) is 0 Å². The zero-order valence-corrected chi connectivity index (χ0v) is 27.7. The molecule has 1 saturated carbocycles. The Morgan fingerprint density at radius 1 is 0.956 bits per heavy atom. The normalized spacial score (nSPS) is 23.4. The van der Waals surface area contributed by atoms with Crippen molar-refractivity contribution in [2.45, 2.75) is 109 Å². The Morgan fingerprint density at radius 3 is 2.27 bits per heavy atom. The van der Waals surface area contributed by atoms with Gasteiger partial charge in [0.05, 0.1) is 17.0 Å². The summed E-state index contributed by atoms with van der Waals surface area (Å²) < 4.78 is 6.46. The van der Waals surface area contributed by atoms with Crippen LogP contribution < -0.4 is 0 Å². The number of amides is 2. The molecule has 1 spiro atoms. The van der Waals surface area contributed by atoms with E-state index in [-0.39, 0.29) is 17.6 Å². The summed E-state index contributed by atoms with van der Waals surface area (Å²) >= 11 is 0. The quantitative estimate of drug-likeness (QED) is 0.337. The average Bonchev–Trinajstić information content (AvgIpc) is 3.06. The lowest BCUT2D eigenvalue weighted by molar-refractivity contribution is -0.127. The maximum absolute atomic E-state index is 13.6. The number of pyridine rings is 1. The van der Waals surface area contributed by atoms with Crippen molar-refractivity contribution in [3.63, 3.8) is 0 Å². The van der Waals surface area contributed by atoms with Gasteiger partial charge in [-0.1, -0.05) is 39.0 Å². The number of aromatic nitrogens is 3. The standard InChI is InChI=1S/C36H52N6O3/c1-4-5-11-30-25-42(24-28-9-7-6-8-10-28)35(44)45-36(30)16-22-40(23-17-36)31-14-20-41(21-15-31)34(43)32-26(2)38-33(39-27(32)3)29-12-18-37-19-13-29/h12-13,18-19,28,30-31H,4-11,14-17,20-25H2,1-3H3. The van der Waals surface area contributed by atoms with Crippen LogP contribution in [-0.4, -0.2) is 92.6 Å². The van der Waals surface area contributed by atoms with Gasteiger partial charge < -0.3 is 14.5 Å². The van der Waals surface area contributed by atoms with E-state index in [0.29, 0.717) is 29.3 Å². The summed E-state index contributed by atoms with van der Waals surface area (Å²) in [6.45, 7) is 11.2. The highest BCUT2D eigenvalue weighted by molar-refractivity contribution is 5.96. The molecular weight excluding hydrogens is 564 g/mol. The maximum atomic E-state index is 13.6. The van der Waals surface area contributed by atoms with Gasteiger partial charge in [0, 0.05) is 82.0 Å². The molecule has 1 unspecified atom stereocenters. The molecule has 9 heteroatoms. The smallest absolute Gasteiger partial charge is 0.410 e. The molecule has 6 rings (SSSR count). The number of rotatable bonds is 8. The van der Waals surface area contributed by atoms with Crippen LogP contribution in [0.25, 0.3) is 11.4 Å². The van der Waals surface area contributed by atoms with Crippen molar-refractivity contribution in [3.8, 4) is 11.4 Å². The second-order valence-electron chi connectivity index (χ2n) is 14.1. The molecule has 2 aromatic heterocycles. The molecule has 1 atom stereocenters. The second kappa shape index (κ2) is 14.1. The molecule has 0 aromatic carbocycles. The van der Waals surface area contributed by atoms with E-state index in [1.165, 1.54) is 44.9 Å². The molecule has 4 fully saturated rings. The Bertz CT molecular complexity index is 1290. The van der Waals surface area contributed by atoms with Gasteiger partial charge in [0.25, 0.3) is 5.91 Å². The van der Waals surface area contributed by atoms with Crippen LogP contribution in [0.1, 0.15) is 106 Å². The molecule has 244 valence electrons. The van der Waals surface area contributed by atoms with Crippen molar-refractivity contribution in [1.29, 1.82) is 0 Å². The topological polar surface area (TPSA) is 91.8 Å². The van der Waals surface area contributed by atoms with E-state index in [0.717, 1.165) is 88.3 Å². The van der Waals surface area contributed by atoms with Gasteiger partial charge in [-0.05, 0) is 64.0 Å². The summed E-state index contributed by atoms with van der Waals surface area (Å²) in [5, 5.41) is 0. The average molecular weight is 617 g/mol. The van der Waals surface area contributed by atoms with E-state index in [4.69, 9.17) is 4.74 Å².